The van der Waals surface area contributed by atoms with Gasteiger partial charge in [0.2, 0.25) is 0 Å². The summed E-state index contributed by atoms with van der Waals surface area (Å²) in [5.74, 6) is 1.73. The maximum atomic E-state index is 13.4. The van der Waals surface area contributed by atoms with Crippen LogP contribution in [0.5, 0.6) is 11.5 Å². The van der Waals surface area contributed by atoms with Crippen LogP contribution in [0, 0.1) is 5.92 Å². The topological polar surface area (TPSA) is 80.3 Å². The van der Waals surface area contributed by atoms with Crippen LogP contribution in [0.15, 0.2) is 70.5 Å². The summed E-state index contributed by atoms with van der Waals surface area (Å²) in [4.78, 5) is 31.2. The molecule has 0 atom stereocenters. The molecular formula is C26H30N4O4. The van der Waals surface area contributed by atoms with Crippen LogP contribution in [0.2, 0.25) is 0 Å². The molecule has 178 valence electrons. The Labute approximate surface area is 198 Å². The van der Waals surface area contributed by atoms with Crippen molar-refractivity contribution in [3.63, 3.8) is 0 Å². The fourth-order valence-electron chi connectivity index (χ4n) is 3.93. The van der Waals surface area contributed by atoms with E-state index in [9.17, 15) is 9.59 Å². The maximum absolute atomic E-state index is 13.4. The van der Waals surface area contributed by atoms with Crippen LogP contribution in [0.1, 0.15) is 26.3 Å². The van der Waals surface area contributed by atoms with E-state index in [0.717, 1.165) is 11.3 Å². The van der Waals surface area contributed by atoms with Crippen molar-refractivity contribution >= 4 is 11.2 Å². The van der Waals surface area contributed by atoms with Crippen LogP contribution in [0.4, 0.5) is 0 Å². The van der Waals surface area contributed by atoms with E-state index in [1.807, 2.05) is 66.1 Å². The molecule has 34 heavy (non-hydrogen) atoms. The molecular weight excluding hydrogens is 432 g/mol. The van der Waals surface area contributed by atoms with E-state index in [-0.39, 0.29) is 18.7 Å². The number of fused-ring (bicyclic) bond motifs is 1. The summed E-state index contributed by atoms with van der Waals surface area (Å²) in [6.07, 6.45) is 1.65. The van der Waals surface area contributed by atoms with E-state index in [1.54, 1.807) is 10.9 Å². The molecule has 4 rings (SSSR count). The number of ether oxygens (including phenoxy) is 2. The SMILES string of the molecule is CCOc1ccc(OCCn2c(=O)c3c(ncn3CC(C)C)n(Cc3ccccc3)c2=O)cc1. The lowest BCUT2D eigenvalue weighted by molar-refractivity contribution is 0.291. The van der Waals surface area contributed by atoms with E-state index in [0.29, 0.717) is 42.5 Å². The summed E-state index contributed by atoms with van der Waals surface area (Å²) in [5, 5.41) is 0. The summed E-state index contributed by atoms with van der Waals surface area (Å²) in [7, 11) is 0. The molecule has 0 spiro atoms. The van der Waals surface area contributed by atoms with Crippen LogP contribution >= 0.6 is 0 Å². The molecule has 0 N–H and O–H groups in total. The van der Waals surface area contributed by atoms with E-state index >= 15 is 0 Å². The fourth-order valence-corrected chi connectivity index (χ4v) is 3.93. The fraction of sp³-hybridized carbons (Fsp3) is 0.346. The Balaban J connectivity index is 1.67. The molecule has 4 aromatic rings. The van der Waals surface area contributed by atoms with E-state index < -0.39 is 5.69 Å². The van der Waals surface area contributed by atoms with Gasteiger partial charge in [-0.25, -0.2) is 9.78 Å². The first-order valence-corrected chi connectivity index (χ1v) is 11.6. The number of aromatic nitrogens is 4. The third-order valence-electron chi connectivity index (χ3n) is 5.45. The van der Waals surface area contributed by atoms with Crippen molar-refractivity contribution in [3.8, 4) is 11.5 Å². The Morgan fingerprint density at radius 3 is 2.24 bits per heavy atom. The molecule has 0 aliphatic rings. The van der Waals surface area contributed by atoms with Gasteiger partial charge in [-0.05, 0) is 42.7 Å². The summed E-state index contributed by atoms with van der Waals surface area (Å²) >= 11 is 0. The molecule has 0 unspecified atom stereocenters. The lowest BCUT2D eigenvalue weighted by Crippen LogP contribution is -2.42. The van der Waals surface area contributed by atoms with Gasteiger partial charge in [0, 0.05) is 6.54 Å². The Morgan fingerprint density at radius 1 is 0.912 bits per heavy atom. The molecule has 2 heterocycles. The highest BCUT2D eigenvalue weighted by atomic mass is 16.5. The quantitative estimate of drug-likeness (QED) is 0.360. The lowest BCUT2D eigenvalue weighted by Gasteiger charge is -2.14. The van der Waals surface area contributed by atoms with Crippen molar-refractivity contribution in [1.82, 2.24) is 18.7 Å². The van der Waals surface area contributed by atoms with Gasteiger partial charge in [-0.15, -0.1) is 0 Å². The number of rotatable bonds is 10. The van der Waals surface area contributed by atoms with Gasteiger partial charge in [-0.1, -0.05) is 44.2 Å². The highest BCUT2D eigenvalue weighted by Crippen LogP contribution is 2.17. The molecule has 8 nitrogen and oxygen atoms in total. The third kappa shape index (κ3) is 5.06. The summed E-state index contributed by atoms with van der Waals surface area (Å²) in [5.41, 5.74) is 1.05. The zero-order valence-corrected chi connectivity index (χ0v) is 19.8. The molecule has 0 saturated heterocycles. The van der Waals surface area contributed by atoms with Gasteiger partial charge in [0.1, 0.15) is 18.1 Å². The van der Waals surface area contributed by atoms with Gasteiger partial charge < -0.3 is 14.0 Å². The average Bonchev–Trinajstić information content (AvgIpc) is 3.24. The van der Waals surface area contributed by atoms with Gasteiger partial charge in [-0.2, -0.15) is 0 Å². The number of imidazole rings is 1. The molecule has 2 aromatic heterocycles. The Bertz CT molecular complexity index is 1350. The molecule has 0 bridgehead atoms. The number of nitrogens with zero attached hydrogens (tertiary/aromatic N) is 4. The smallest absolute Gasteiger partial charge is 0.333 e. The minimum Gasteiger partial charge on any atom is -0.494 e. The van der Waals surface area contributed by atoms with Crippen LogP contribution in [0.3, 0.4) is 0 Å². The highest BCUT2D eigenvalue weighted by Gasteiger charge is 2.19. The number of hydrogen-bond acceptors (Lipinski definition) is 5. The van der Waals surface area contributed by atoms with Crippen molar-refractivity contribution in [2.24, 2.45) is 5.92 Å². The second kappa shape index (κ2) is 10.4. The van der Waals surface area contributed by atoms with Gasteiger partial charge in [0.25, 0.3) is 5.56 Å². The Hall–Kier alpha value is -3.81. The standard InChI is InChI=1S/C26H30N4O4/c1-4-33-21-10-12-22(13-11-21)34-15-14-29-25(31)23-24(27-18-28(23)16-19(2)3)30(26(29)32)17-20-8-6-5-7-9-20/h5-13,18-19H,4,14-17H2,1-3H3. The van der Waals surface area contributed by atoms with Crippen molar-refractivity contribution in [2.45, 2.75) is 40.4 Å². The normalized spacial score (nSPS) is 11.3. The number of hydrogen-bond donors (Lipinski definition) is 0. The largest absolute Gasteiger partial charge is 0.494 e. The van der Waals surface area contributed by atoms with Crippen LogP contribution in [0.25, 0.3) is 11.2 Å². The van der Waals surface area contributed by atoms with Crippen molar-refractivity contribution in [2.75, 3.05) is 13.2 Å². The first-order chi connectivity index (χ1) is 16.5. The van der Waals surface area contributed by atoms with Crippen molar-refractivity contribution in [3.05, 3.63) is 87.3 Å². The summed E-state index contributed by atoms with van der Waals surface area (Å²) in [6.45, 7) is 7.95. The van der Waals surface area contributed by atoms with E-state index in [1.165, 1.54) is 4.57 Å². The van der Waals surface area contributed by atoms with Gasteiger partial charge in [-0.3, -0.25) is 13.9 Å². The molecule has 0 amide bonds. The summed E-state index contributed by atoms with van der Waals surface area (Å²) < 4.78 is 15.9. The van der Waals surface area contributed by atoms with Crippen LogP contribution in [-0.4, -0.2) is 31.9 Å². The number of benzene rings is 2. The first kappa shape index (κ1) is 23.4. The highest BCUT2D eigenvalue weighted by molar-refractivity contribution is 5.70. The molecule has 0 aliphatic carbocycles. The van der Waals surface area contributed by atoms with Gasteiger partial charge >= 0.3 is 5.69 Å². The monoisotopic (exact) mass is 462 g/mol. The van der Waals surface area contributed by atoms with E-state index in [4.69, 9.17) is 9.47 Å². The molecule has 0 saturated carbocycles. The van der Waals surface area contributed by atoms with E-state index in [2.05, 4.69) is 18.8 Å². The molecule has 0 aliphatic heterocycles. The second-order valence-corrected chi connectivity index (χ2v) is 8.53. The predicted molar refractivity (Wildman–Crippen MR) is 132 cm³/mol. The minimum atomic E-state index is -0.397. The van der Waals surface area contributed by atoms with Crippen LogP contribution < -0.4 is 20.7 Å². The Kier molecular flexibility index (Phi) is 7.15. The second-order valence-electron chi connectivity index (χ2n) is 8.53. The molecule has 2 aromatic carbocycles. The minimum absolute atomic E-state index is 0.127. The summed E-state index contributed by atoms with van der Waals surface area (Å²) in [6, 6.07) is 17.0. The maximum Gasteiger partial charge on any atom is 0.333 e. The van der Waals surface area contributed by atoms with Crippen molar-refractivity contribution < 1.29 is 9.47 Å². The molecule has 0 fully saturated rings. The van der Waals surface area contributed by atoms with Crippen LogP contribution in [-0.2, 0) is 19.6 Å². The van der Waals surface area contributed by atoms with Gasteiger partial charge in [0.15, 0.2) is 11.2 Å². The predicted octanol–water partition coefficient (Wildman–Crippen LogP) is 3.54. The van der Waals surface area contributed by atoms with Gasteiger partial charge in [0.05, 0.1) is 26.0 Å². The Morgan fingerprint density at radius 2 is 1.59 bits per heavy atom. The van der Waals surface area contributed by atoms with Crippen molar-refractivity contribution in [1.29, 1.82) is 0 Å². The molecule has 8 heteroatoms. The lowest BCUT2D eigenvalue weighted by atomic mass is 10.2. The zero-order chi connectivity index (χ0) is 24.1. The molecule has 0 radical (unpaired) electrons. The zero-order valence-electron chi connectivity index (χ0n) is 19.8. The average molecular weight is 463 g/mol. The third-order valence-corrected chi connectivity index (χ3v) is 5.45. The first-order valence-electron chi connectivity index (χ1n) is 11.6.